The Hall–Kier alpha value is -1.97. The SMILES string of the molecule is CC(C)(C)C1=N/C(=C\c2cccc(F)c2)C(=O)O1. The summed E-state index contributed by atoms with van der Waals surface area (Å²) in [5.74, 6) is -0.463. The van der Waals surface area contributed by atoms with Crippen LogP contribution in [0.5, 0.6) is 0 Å². The van der Waals surface area contributed by atoms with Gasteiger partial charge in [-0.25, -0.2) is 14.2 Å². The zero-order chi connectivity index (χ0) is 13.3. The third-order valence-corrected chi connectivity index (χ3v) is 2.41. The molecule has 94 valence electrons. The second-order valence-electron chi connectivity index (χ2n) is 5.14. The molecule has 0 amide bonds. The molecule has 0 fully saturated rings. The van der Waals surface area contributed by atoms with E-state index in [1.807, 2.05) is 20.8 Å². The van der Waals surface area contributed by atoms with Crippen LogP contribution in [0.3, 0.4) is 0 Å². The highest BCUT2D eigenvalue weighted by Crippen LogP contribution is 2.25. The van der Waals surface area contributed by atoms with Gasteiger partial charge in [-0.3, -0.25) is 0 Å². The third-order valence-electron chi connectivity index (χ3n) is 2.41. The molecule has 0 atom stereocenters. The molecule has 2 rings (SSSR count). The van der Waals surface area contributed by atoms with Crippen LogP contribution in [0.1, 0.15) is 26.3 Å². The minimum absolute atomic E-state index is 0.200. The van der Waals surface area contributed by atoms with Crippen molar-refractivity contribution in [3.63, 3.8) is 0 Å². The number of hydrogen-bond acceptors (Lipinski definition) is 3. The lowest BCUT2D eigenvalue weighted by Gasteiger charge is -2.15. The van der Waals surface area contributed by atoms with E-state index >= 15 is 0 Å². The van der Waals surface area contributed by atoms with E-state index in [0.29, 0.717) is 11.5 Å². The zero-order valence-corrected chi connectivity index (χ0v) is 10.5. The van der Waals surface area contributed by atoms with Crippen LogP contribution in [0.25, 0.3) is 6.08 Å². The zero-order valence-electron chi connectivity index (χ0n) is 10.5. The van der Waals surface area contributed by atoms with E-state index in [4.69, 9.17) is 4.74 Å². The van der Waals surface area contributed by atoms with Crippen LogP contribution in [-0.2, 0) is 9.53 Å². The maximum Gasteiger partial charge on any atom is 0.363 e. The van der Waals surface area contributed by atoms with Crippen molar-refractivity contribution < 1.29 is 13.9 Å². The molecular weight excluding hydrogens is 233 g/mol. The molecule has 0 saturated heterocycles. The monoisotopic (exact) mass is 247 g/mol. The van der Waals surface area contributed by atoms with Gasteiger partial charge in [-0.05, 0) is 23.8 Å². The van der Waals surface area contributed by atoms with Crippen molar-refractivity contribution in [1.29, 1.82) is 0 Å². The lowest BCUT2D eigenvalue weighted by atomic mass is 9.97. The number of cyclic esters (lactones) is 1. The predicted molar refractivity (Wildman–Crippen MR) is 67.4 cm³/mol. The van der Waals surface area contributed by atoms with Gasteiger partial charge in [0, 0.05) is 5.41 Å². The number of aliphatic imine (C=N–C) groups is 1. The Morgan fingerprint density at radius 2 is 2.06 bits per heavy atom. The van der Waals surface area contributed by atoms with E-state index in [0.717, 1.165) is 0 Å². The van der Waals surface area contributed by atoms with Gasteiger partial charge in [-0.2, -0.15) is 0 Å². The summed E-state index contributed by atoms with van der Waals surface area (Å²) >= 11 is 0. The molecule has 0 radical (unpaired) electrons. The predicted octanol–water partition coefficient (Wildman–Crippen LogP) is 3.17. The Bertz CT molecular complexity index is 553. The second-order valence-corrected chi connectivity index (χ2v) is 5.14. The van der Waals surface area contributed by atoms with E-state index in [1.54, 1.807) is 12.1 Å². The molecule has 1 heterocycles. The molecular formula is C14H14FNO2. The smallest absolute Gasteiger partial charge is 0.363 e. The Morgan fingerprint density at radius 3 is 2.61 bits per heavy atom. The average molecular weight is 247 g/mol. The van der Waals surface area contributed by atoms with E-state index in [1.165, 1.54) is 18.2 Å². The largest absolute Gasteiger partial charge is 0.406 e. The number of esters is 1. The topological polar surface area (TPSA) is 38.7 Å². The first kappa shape index (κ1) is 12.5. The van der Waals surface area contributed by atoms with Crippen LogP contribution in [0.4, 0.5) is 4.39 Å². The summed E-state index contributed by atoms with van der Waals surface area (Å²) in [4.78, 5) is 15.8. The molecule has 0 aromatic heterocycles. The summed E-state index contributed by atoms with van der Waals surface area (Å²) in [6.45, 7) is 5.72. The van der Waals surface area contributed by atoms with Crippen molar-refractivity contribution in [2.75, 3.05) is 0 Å². The normalized spacial score (nSPS) is 17.9. The van der Waals surface area contributed by atoms with Gasteiger partial charge < -0.3 is 4.74 Å². The Labute approximate surface area is 105 Å². The Morgan fingerprint density at radius 1 is 1.33 bits per heavy atom. The van der Waals surface area contributed by atoms with Crippen LogP contribution in [-0.4, -0.2) is 11.9 Å². The van der Waals surface area contributed by atoms with Gasteiger partial charge in [0.1, 0.15) is 5.82 Å². The fourth-order valence-corrected chi connectivity index (χ4v) is 1.48. The summed E-state index contributed by atoms with van der Waals surface area (Å²) in [5.41, 5.74) is 0.457. The third kappa shape index (κ3) is 2.64. The van der Waals surface area contributed by atoms with Crippen molar-refractivity contribution >= 4 is 17.9 Å². The number of benzene rings is 1. The first-order valence-electron chi connectivity index (χ1n) is 5.65. The van der Waals surface area contributed by atoms with Gasteiger partial charge in [0.25, 0.3) is 0 Å². The first-order valence-corrected chi connectivity index (χ1v) is 5.65. The van der Waals surface area contributed by atoms with Gasteiger partial charge in [0.2, 0.25) is 5.90 Å². The summed E-state index contributed by atoms with van der Waals surface area (Å²) in [6, 6.07) is 5.97. The summed E-state index contributed by atoms with van der Waals surface area (Å²) in [6.07, 6.45) is 1.52. The molecule has 1 aliphatic rings. The molecule has 0 saturated carbocycles. The lowest BCUT2D eigenvalue weighted by molar-refractivity contribution is -0.130. The second kappa shape index (κ2) is 4.37. The van der Waals surface area contributed by atoms with Crippen molar-refractivity contribution in [1.82, 2.24) is 0 Å². The Kier molecular flexibility index (Phi) is 3.03. The van der Waals surface area contributed by atoms with Gasteiger partial charge in [-0.1, -0.05) is 32.9 Å². The molecule has 0 N–H and O–H groups in total. The van der Waals surface area contributed by atoms with Crippen molar-refractivity contribution in [2.24, 2.45) is 10.4 Å². The molecule has 1 aliphatic heterocycles. The number of nitrogens with zero attached hydrogens (tertiary/aromatic N) is 1. The van der Waals surface area contributed by atoms with Gasteiger partial charge >= 0.3 is 5.97 Å². The number of halogens is 1. The van der Waals surface area contributed by atoms with Crippen LogP contribution in [0.15, 0.2) is 35.0 Å². The molecule has 3 nitrogen and oxygen atoms in total. The number of carbonyl (C=O) groups is 1. The van der Waals surface area contributed by atoms with E-state index < -0.39 is 5.97 Å². The van der Waals surface area contributed by atoms with E-state index in [2.05, 4.69) is 4.99 Å². The standard InChI is InChI=1S/C14H14FNO2/c1-14(2,3)13-16-11(12(17)18-13)8-9-5-4-6-10(15)7-9/h4-8H,1-3H3/b11-8-. The molecule has 0 unspecified atom stereocenters. The molecule has 1 aromatic rings. The lowest BCUT2D eigenvalue weighted by Crippen LogP contribution is -2.21. The molecule has 0 bridgehead atoms. The van der Waals surface area contributed by atoms with Crippen molar-refractivity contribution in [3.05, 3.63) is 41.3 Å². The number of rotatable bonds is 1. The number of carbonyl (C=O) groups excluding carboxylic acids is 1. The van der Waals surface area contributed by atoms with Gasteiger partial charge in [-0.15, -0.1) is 0 Å². The quantitative estimate of drug-likeness (QED) is 0.564. The molecule has 1 aromatic carbocycles. The van der Waals surface area contributed by atoms with Gasteiger partial charge in [0.05, 0.1) is 0 Å². The van der Waals surface area contributed by atoms with Crippen molar-refractivity contribution in [2.45, 2.75) is 20.8 Å². The fraction of sp³-hybridized carbons (Fsp3) is 0.286. The van der Waals surface area contributed by atoms with E-state index in [-0.39, 0.29) is 16.9 Å². The molecule has 0 spiro atoms. The summed E-state index contributed by atoms with van der Waals surface area (Å²) in [5, 5.41) is 0. The van der Waals surface area contributed by atoms with Crippen LogP contribution < -0.4 is 0 Å². The van der Waals surface area contributed by atoms with Gasteiger partial charge in [0.15, 0.2) is 5.70 Å². The summed E-state index contributed by atoms with van der Waals surface area (Å²) in [7, 11) is 0. The van der Waals surface area contributed by atoms with Crippen LogP contribution in [0, 0.1) is 11.2 Å². The maximum absolute atomic E-state index is 13.0. The maximum atomic E-state index is 13.0. The molecule has 0 aliphatic carbocycles. The average Bonchev–Trinajstić information content (AvgIpc) is 2.60. The van der Waals surface area contributed by atoms with Crippen LogP contribution >= 0.6 is 0 Å². The van der Waals surface area contributed by atoms with Crippen molar-refractivity contribution in [3.8, 4) is 0 Å². The Balaban J connectivity index is 2.34. The first-order chi connectivity index (χ1) is 8.36. The highest BCUT2D eigenvalue weighted by Gasteiger charge is 2.31. The molecule has 4 heteroatoms. The number of ether oxygens (including phenoxy) is 1. The number of hydrogen-bond donors (Lipinski definition) is 0. The minimum Gasteiger partial charge on any atom is -0.406 e. The highest BCUT2D eigenvalue weighted by atomic mass is 19.1. The highest BCUT2D eigenvalue weighted by molar-refractivity contribution is 6.08. The molecule has 18 heavy (non-hydrogen) atoms. The van der Waals surface area contributed by atoms with Crippen LogP contribution in [0.2, 0.25) is 0 Å². The summed E-state index contributed by atoms with van der Waals surface area (Å²) < 4.78 is 18.1. The fourth-order valence-electron chi connectivity index (χ4n) is 1.48. The van der Waals surface area contributed by atoms with E-state index in [9.17, 15) is 9.18 Å². The minimum atomic E-state index is -0.496.